The molecule has 0 aliphatic heterocycles. The Morgan fingerprint density at radius 2 is 2.00 bits per heavy atom. The van der Waals surface area contributed by atoms with Crippen LogP contribution in [0.4, 0.5) is 0 Å². The summed E-state index contributed by atoms with van der Waals surface area (Å²) >= 11 is 0. The van der Waals surface area contributed by atoms with E-state index in [1.165, 1.54) is 7.11 Å². The molecule has 4 nitrogen and oxygen atoms in total. The number of hydrogen-bond donors (Lipinski definition) is 0. The van der Waals surface area contributed by atoms with Gasteiger partial charge in [-0.05, 0) is 12.1 Å². The molecule has 0 aliphatic rings. The molecule has 4 heteroatoms. The molecule has 0 saturated heterocycles. The minimum absolute atomic E-state index is 0.0754. The van der Waals surface area contributed by atoms with E-state index in [0.29, 0.717) is 29.6 Å². The lowest BCUT2D eigenvalue weighted by Gasteiger charge is -2.08. The molecule has 0 atom stereocenters. The zero-order valence-corrected chi connectivity index (χ0v) is 7.73. The van der Waals surface area contributed by atoms with E-state index < -0.39 is 0 Å². The highest BCUT2D eigenvalue weighted by Gasteiger charge is 2.08. The van der Waals surface area contributed by atoms with Crippen LogP contribution in [0.2, 0.25) is 0 Å². The van der Waals surface area contributed by atoms with Gasteiger partial charge in [-0.25, -0.2) is 0 Å². The number of rotatable bonds is 5. The van der Waals surface area contributed by atoms with Crippen molar-refractivity contribution in [3.05, 3.63) is 23.8 Å². The van der Waals surface area contributed by atoms with Crippen molar-refractivity contribution < 1.29 is 19.1 Å². The Hall–Kier alpha value is -1.84. The third-order valence-corrected chi connectivity index (χ3v) is 1.67. The Balaban J connectivity index is 3.01. The van der Waals surface area contributed by atoms with E-state index >= 15 is 0 Å². The number of ether oxygens (including phenoxy) is 2. The van der Waals surface area contributed by atoms with E-state index in [1.807, 2.05) is 0 Å². The molecule has 1 rings (SSSR count). The molecule has 0 amide bonds. The number of carbonyl (C=O) groups excluding carboxylic acids is 2. The third kappa shape index (κ3) is 2.10. The summed E-state index contributed by atoms with van der Waals surface area (Å²) in [5.74, 6) is 0.787. The molecule has 0 radical (unpaired) electrons. The maximum atomic E-state index is 10.7. The van der Waals surface area contributed by atoms with Crippen molar-refractivity contribution in [2.45, 2.75) is 0 Å². The van der Waals surface area contributed by atoms with Crippen LogP contribution in [0.5, 0.6) is 11.5 Å². The van der Waals surface area contributed by atoms with Crippen molar-refractivity contribution in [2.75, 3.05) is 13.7 Å². The zero-order valence-electron chi connectivity index (χ0n) is 7.73. The smallest absolute Gasteiger partial charge is 0.157 e. The minimum atomic E-state index is -0.0754. The van der Waals surface area contributed by atoms with Gasteiger partial charge in [-0.2, -0.15) is 0 Å². The van der Waals surface area contributed by atoms with Crippen LogP contribution in [0.3, 0.4) is 0 Å². The average Bonchev–Trinajstić information content (AvgIpc) is 2.25. The molecule has 0 spiro atoms. The SMILES string of the molecule is COc1cccc(OCC=O)c1C=O. The van der Waals surface area contributed by atoms with E-state index in [-0.39, 0.29) is 6.61 Å². The molecule has 0 N–H and O–H groups in total. The number of methoxy groups -OCH3 is 1. The largest absolute Gasteiger partial charge is 0.496 e. The number of benzene rings is 1. The maximum Gasteiger partial charge on any atom is 0.157 e. The first-order valence-electron chi connectivity index (χ1n) is 4.02. The summed E-state index contributed by atoms with van der Waals surface area (Å²) in [5, 5.41) is 0. The van der Waals surface area contributed by atoms with Gasteiger partial charge in [-0.3, -0.25) is 9.59 Å². The fourth-order valence-corrected chi connectivity index (χ4v) is 1.07. The summed E-state index contributed by atoms with van der Waals surface area (Å²) in [6, 6.07) is 4.94. The summed E-state index contributed by atoms with van der Waals surface area (Å²) < 4.78 is 10.00. The van der Waals surface area contributed by atoms with Crippen LogP contribution in [-0.4, -0.2) is 26.3 Å². The molecule has 0 saturated carbocycles. The van der Waals surface area contributed by atoms with E-state index in [4.69, 9.17) is 9.47 Å². The average molecular weight is 194 g/mol. The van der Waals surface area contributed by atoms with Crippen LogP contribution >= 0.6 is 0 Å². The van der Waals surface area contributed by atoms with Gasteiger partial charge in [0.2, 0.25) is 0 Å². The van der Waals surface area contributed by atoms with Gasteiger partial charge in [0.15, 0.2) is 12.6 Å². The number of carbonyl (C=O) groups is 2. The molecule has 0 aromatic heterocycles. The second kappa shape index (κ2) is 5.01. The number of aldehydes is 2. The Labute approximate surface area is 81.4 Å². The van der Waals surface area contributed by atoms with Crippen LogP contribution < -0.4 is 9.47 Å². The Kier molecular flexibility index (Phi) is 3.67. The van der Waals surface area contributed by atoms with Crippen molar-refractivity contribution in [3.8, 4) is 11.5 Å². The van der Waals surface area contributed by atoms with Gasteiger partial charge in [0.25, 0.3) is 0 Å². The highest BCUT2D eigenvalue weighted by Crippen LogP contribution is 2.26. The molecule has 0 unspecified atom stereocenters. The maximum absolute atomic E-state index is 10.7. The molecule has 1 aromatic carbocycles. The first kappa shape index (κ1) is 10.2. The summed E-state index contributed by atoms with van der Waals surface area (Å²) in [4.78, 5) is 20.8. The normalized spacial score (nSPS) is 9.21. The molecule has 74 valence electrons. The second-order valence-corrected chi connectivity index (χ2v) is 2.47. The van der Waals surface area contributed by atoms with E-state index in [9.17, 15) is 9.59 Å². The van der Waals surface area contributed by atoms with Crippen LogP contribution in [-0.2, 0) is 4.79 Å². The molecule has 0 bridgehead atoms. The molecule has 0 fully saturated rings. The Bertz CT molecular complexity index is 333. The quantitative estimate of drug-likeness (QED) is 0.658. The van der Waals surface area contributed by atoms with Crippen molar-refractivity contribution in [2.24, 2.45) is 0 Å². The lowest BCUT2D eigenvalue weighted by atomic mass is 10.2. The van der Waals surface area contributed by atoms with Gasteiger partial charge >= 0.3 is 0 Å². The summed E-state index contributed by atoms with van der Waals surface area (Å²) in [7, 11) is 1.46. The van der Waals surface area contributed by atoms with Gasteiger partial charge in [0.05, 0.1) is 12.7 Å². The van der Waals surface area contributed by atoms with Gasteiger partial charge < -0.3 is 9.47 Å². The van der Waals surface area contributed by atoms with Gasteiger partial charge in [0, 0.05) is 0 Å². The lowest BCUT2D eigenvalue weighted by Crippen LogP contribution is -2.01. The van der Waals surface area contributed by atoms with Gasteiger partial charge in [-0.15, -0.1) is 0 Å². The summed E-state index contributed by atoms with van der Waals surface area (Å²) in [6.45, 7) is -0.0754. The van der Waals surface area contributed by atoms with Crippen LogP contribution in [0.25, 0.3) is 0 Å². The lowest BCUT2D eigenvalue weighted by molar-refractivity contribution is -0.109. The van der Waals surface area contributed by atoms with E-state index in [2.05, 4.69) is 0 Å². The molecule has 0 aliphatic carbocycles. The highest BCUT2D eigenvalue weighted by molar-refractivity contribution is 5.83. The number of hydrogen-bond acceptors (Lipinski definition) is 4. The van der Waals surface area contributed by atoms with Gasteiger partial charge in [-0.1, -0.05) is 6.07 Å². The predicted molar refractivity (Wildman–Crippen MR) is 49.9 cm³/mol. The second-order valence-electron chi connectivity index (χ2n) is 2.47. The van der Waals surface area contributed by atoms with Crippen molar-refractivity contribution in [3.63, 3.8) is 0 Å². The summed E-state index contributed by atoms with van der Waals surface area (Å²) in [6.07, 6.45) is 1.26. The molecule has 14 heavy (non-hydrogen) atoms. The molecular formula is C10H10O4. The zero-order chi connectivity index (χ0) is 10.4. The standard InChI is InChI=1S/C10H10O4/c1-13-9-3-2-4-10(8(9)7-12)14-6-5-11/h2-5,7H,6H2,1H3. The Morgan fingerprint density at radius 3 is 2.57 bits per heavy atom. The van der Waals surface area contributed by atoms with Crippen molar-refractivity contribution in [1.82, 2.24) is 0 Å². The third-order valence-electron chi connectivity index (χ3n) is 1.67. The molecule has 1 aromatic rings. The minimum Gasteiger partial charge on any atom is -0.496 e. The van der Waals surface area contributed by atoms with E-state index in [1.54, 1.807) is 18.2 Å². The topological polar surface area (TPSA) is 52.6 Å². The van der Waals surface area contributed by atoms with Crippen LogP contribution in [0.15, 0.2) is 18.2 Å². The van der Waals surface area contributed by atoms with E-state index in [0.717, 1.165) is 0 Å². The van der Waals surface area contributed by atoms with Crippen LogP contribution in [0, 0.1) is 0 Å². The summed E-state index contributed by atoms with van der Waals surface area (Å²) in [5.41, 5.74) is 0.317. The Morgan fingerprint density at radius 1 is 1.29 bits per heavy atom. The molecular weight excluding hydrogens is 184 g/mol. The first-order valence-corrected chi connectivity index (χ1v) is 4.02. The van der Waals surface area contributed by atoms with Crippen LogP contribution in [0.1, 0.15) is 10.4 Å². The highest BCUT2D eigenvalue weighted by atomic mass is 16.5. The fraction of sp³-hybridized carbons (Fsp3) is 0.200. The first-order chi connectivity index (χ1) is 6.83. The molecule has 0 heterocycles. The van der Waals surface area contributed by atoms with Gasteiger partial charge in [0.1, 0.15) is 18.1 Å². The fourth-order valence-electron chi connectivity index (χ4n) is 1.07. The predicted octanol–water partition coefficient (Wildman–Crippen LogP) is 1.09. The van der Waals surface area contributed by atoms with Crippen molar-refractivity contribution >= 4 is 12.6 Å². The monoisotopic (exact) mass is 194 g/mol. The van der Waals surface area contributed by atoms with Crippen molar-refractivity contribution in [1.29, 1.82) is 0 Å².